The van der Waals surface area contributed by atoms with Crippen molar-refractivity contribution in [3.05, 3.63) is 150 Å². The molecule has 0 spiro atoms. The van der Waals surface area contributed by atoms with Gasteiger partial charge in [-0.25, -0.2) is 0 Å². The van der Waals surface area contributed by atoms with Gasteiger partial charge in [0.1, 0.15) is 0 Å². The number of hydrogen-bond acceptors (Lipinski definition) is 5. The van der Waals surface area contributed by atoms with Crippen LogP contribution in [0.1, 0.15) is 76.7 Å². The third-order valence-corrected chi connectivity index (χ3v) is 13.2. The van der Waals surface area contributed by atoms with E-state index >= 15 is 0 Å². The second-order valence-electron chi connectivity index (χ2n) is 18.1. The number of aromatic nitrogens is 2. The fraction of sp³-hybridized carbons (Fsp3) is 0.308. The lowest BCUT2D eigenvalue weighted by molar-refractivity contribution is 0.00578. The summed E-state index contributed by atoms with van der Waals surface area (Å²) in [5, 5.41) is 5.08. The highest BCUT2D eigenvalue weighted by atomic mass is 79.9. The van der Waals surface area contributed by atoms with Gasteiger partial charge in [-0.05, 0) is 128 Å². The normalized spacial score (nSPS) is 17.2. The molecule has 2 aliphatic heterocycles. The number of benzene rings is 6. The molecule has 0 saturated carbocycles. The highest BCUT2D eigenvalue weighted by molar-refractivity contribution is 9.10. The minimum Gasteiger partial charge on any atom is -0.399 e. The molecule has 10 rings (SSSR count). The monoisotopic (exact) mass is 892 g/mol. The summed E-state index contributed by atoms with van der Waals surface area (Å²) in [4.78, 5) is 0. The van der Waals surface area contributed by atoms with Crippen LogP contribution in [0, 0.1) is 0 Å². The first-order chi connectivity index (χ1) is 29.0. The van der Waals surface area contributed by atoms with Gasteiger partial charge in [0.05, 0.1) is 50.2 Å². The molecule has 10 heteroatoms. The molecule has 0 unspecified atom stereocenters. The quantitative estimate of drug-likeness (QED) is 0.161. The zero-order chi connectivity index (χ0) is 43.3. The van der Waals surface area contributed by atoms with E-state index in [4.69, 9.17) is 23.3 Å². The van der Waals surface area contributed by atoms with E-state index in [0.29, 0.717) is 0 Å². The summed E-state index contributed by atoms with van der Waals surface area (Å²) in [6, 6.07) is 50.9. The highest BCUT2D eigenvalue weighted by Gasteiger charge is 2.54. The first-order valence-corrected chi connectivity index (χ1v) is 22.0. The van der Waals surface area contributed by atoms with Gasteiger partial charge < -0.3 is 32.4 Å². The third-order valence-electron chi connectivity index (χ3n) is 12.6. The van der Waals surface area contributed by atoms with Crippen molar-refractivity contribution in [2.45, 2.75) is 105 Å². The van der Waals surface area contributed by atoms with Gasteiger partial charge in [0.2, 0.25) is 0 Å². The van der Waals surface area contributed by atoms with Gasteiger partial charge in [-0.3, -0.25) is 0 Å². The second kappa shape index (κ2) is 17.5. The zero-order valence-electron chi connectivity index (χ0n) is 36.9. The summed E-state index contributed by atoms with van der Waals surface area (Å²) in [5.41, 5.74) is 6.83. The van der Waals surface area contributed by atoms with E-state index in [1.54, 1.807) is 0 Å². The molecule has 0 radical (unpaired) electrons. The lowest BCUT2D eigenvalue weighted by Gasteiger charge is -2.32. The maximum Gasteiger partial charge on any atom is 0.640 e. The number of hydrogen-bond donors (Lipinski definition) is 0. The molecule has 6 aromatic carbocycles. The van der Waals surface area contributed by atoms with E-state index < -0.39 is 14.4 Å². The van der Waals surface area contributed by atoms with Crippen molar-refractivity contribution >= 4 is 79.4 Å². The van der Waals surface area contributed by atoms with Crippen LogP contribution >= 0.6 is 15.9 Å². The van der Waals surface area contributed by atoms with Crippen molar-refractivity contribution in [1.82, 2.24) is 9.13 Å². The number of nitrogens with zero attached hydrogens (tertiary/aromatic N) is 2. The fourth-order valence-electron chi connectivity index (χ4n) is 7.92. The first kappa shape index (κ1) is 45.4. The lowest BCUT2D eigenvalue weighted by Crippen LogP contribution is -2.41. The fourth-order valence-corrected chi connectivity index (χ4v) is 8.39. The standard InChI is InChI=1S/C24H24BNO2.C18H12BrN.C9H19BO3.CH4/c1-23(2)24(3,4)28-25(27-23)19-13-7-10-16-22(19)26-20-14-8-5-11-17(20)18-12-6-9-15-21(18)26;19-15-9-3-6-12-18(15)20-16-10-4-1-7-13(16)14-8-2-5-11-17(14)20;1-7(2)11-10-12-8(3,4)9(5,6)13-10;/h5-16H,1-4H3;1-12H;7H,1-6H3;1H4. The smallest absolute Gasteiger partial charge is 0.399 e. The van der Waals surface area contributed by atoms with E-state index in [1.807, 2.05) is 47.6 Å². The Hall–Kier alpha value is -4.67. The zero-order valence-corrected chi connectivity index (χ0v) is 38.5. The van der Waals surface area contributed by atoms with E-state index in [-0.39, 0.29) is 35.9 Å². The molecule has 0 bridgehead atoms. The Balaban J connectivity index is 0.000000149. The van der Waals surface area contributed by atoms with Crippen molar-refractivity contribution in [2.75, 3.05) is 0 Å². The number of fused-ring (bicyclic) bond motifs is 6. The molecular formula is C52H59B2BrN2O5. The van der Waals surface area contributed by atoms with Gasteiger partial charge in [-0.2, -0.15) is 0 Å². The largest absolute Gasteiger partial charge is 0.640 e. The molecule has 0 atom stereocenters. The van der Waals surface area contributed by atoms with E-state index in [1.165, 1.54) is 49.3 Å². The number of para-hydroxylation sites is 6. The van der Waals surface area contributed by atoms with Gasteiger partial charge in [-0.15, -0.1) is 0 Å². The average Bonchev–Trinajstić information content (AvgIpc) is 3.87. The minimum atomic E-state index is -0.523. The van der Waals surface area contributed by atoms with Crippen LogP contribution in [-0.4, -0.2) is 52.1 Å². The van der Waals surface area contributed by atoms with Crippen LogP contribution in [0.5, 0.6) is 0 Å². The van der Waals surface area contributed by atoms with Crippen molar-refractivity contribution in [3.63, 3.8) is 0 Å². The highest BCUT2D eigenvalue weighted by Crippen LogP contribution is 2.39. The van der Waals surface area contributed by atoms with Gasteiger partial charge in [0.25, 0.3) is 0 Å². The summed E-state index contributed by atoms with van der Waals surface area (Å²) >= 11 is 3.67. The van der Waals surface area contributed by atoms with Crippen LogP contribution in [0.15, 0.2) is 150 Å². The molecule has 62 heavy (non-hydrogen) atoms. The molecule has 2 aliphatic rings. The van der Waals surface area contributed by atoms with Gasteiger partial charge in [0, 0.05) is 43.3 Å². The number of rotatable bonds is 5. The predicted octanol–water partition coefficient (Wildman–Crippen LogP) is 13.3. The molecule has 0 amide bonds. The van der Waals surface area contributed by atoms with Crippen molar-refractivity contribution in [2.24, 2.45) is 0 Å². The van der Waals surface area contributed by atoms with Crippen molar-refractivity contribution in [1.29, 1.82) is 0 Å². The van der Waals surface area contributed by atoms with Crippen LogP contribution in [0.25, 0.3) is 55.0 Å². The SMILES string of the molecule is Brc1ccccc1-n1c2ccccc2c2ccccc21.C.CC(C)OB1OC(C)(C)C(C)(C)O1.CC1(C)OB(c2ccccc2-n2c3ccccc3c3ccccc32)OC1(C)C. The Morgan fingerprint density at radius 2 is 0.774 bits per heavy atom. The molecule has 2 saturated heterocycles. The molecule has 2 aromatic heterocycles. The van der Waals surface area contributed by atoms with Gasteiger partial charge in [-0.1, -0.05) is 111 Å². The van der Waals surface area contributed by atoms with Crippen LogP contribution in [0.2, 0.25) is 0 Å². The van der Waals surface area contributed by atoms with Crippen molar-refractivity contribution < 1.29 is 23.3 Å². The Bertz CT molecular complexity index is 2710. The summed E-state index contributed by atoms with van der Waals surface area (Å²) in [6.45, 7) is 20.3. The molecule has 7 nitrogen and oxygen atoms in total. The maximum atomic E-state index is 6.38. The van der Waals surface area contributed by atoms with Gasteiger partial charge in [0.15, 0.2) is 0 Å². The van der Waals surface area contributed by atoms with Crippen LogP contribution < -0.4 is 5.46 Å². The molecule has 2 fully saturated rings. The Kier molecular flexibility index (Phi) is 12.8. The summed E-state index contributed by atoms with van der Waals surface area (Å²) in [7, 11) is -0.925. The third kappa shape index (κ3) is 8.41. The Morgan fingerprint density at radius 3 is 1.18 bits per heavy atom. The molecule has 320 valence electrons. The summed E-state index contributed by atoms with van der Waals surface area (Å²) < 4.78 is 35.2. The molecule has 4 heterocycles. The summed E-state index contributed by atoms with van der Waals surface area (Å²) in [6.07, 6.45) is 0.120. The van der Waals surface area contributed by atoms with Crippen LogP contribution in [0.4, 0.5) is 0 Å². The van der Waals surface area contributed by atoms with Crippen molar-refractivity contribution in [3.8, 4) is 11.4 Å². The summed E-state index contributed by atoms with van der Waals surface area (Å²) in [5.74, 6) is 0. The average molecular weight is 894 g/mol. The van der Waals surface area contributed by atoms with Crippen LogP contribution in [0.3, 0.4) is 0 Å². The molecule has 0 N–H and O–H groups in total. The van der Waals surface area contributed by atoms with Gasteiger partial charge >= 0.3 is 14.4 Å². The maximum absolute atomic E-state index is 6.38. The van der Waals surface area contributed by atoms with E-state index in [2.05, 4.69) is 192 Å². The van der Waals surface area contributed by atoms with Crippen LogP contribution in [-0.2, 0) is 23.3 Å². The lowest BCUT2D eigenvalue weighted by atomic mass is 9.77. The number of halogens is 1. The second-order valence-corrected chi connectivity index (χ2v) is 18.9. The van der Waals surface area contributed by atoms with E-state index in [0.717, 1.165) is 15.6 Å². The molecular weight excluding hydrogens is 834 g/mol. The molecule has 8 aromatic rings. The minimum absolute atomic E-state index is 0. The Labute approximate surface area is 376 Å². The van der Waals surface area contributed by atoms with E-state index in [9.17, 15) is 0 Å². The predicted molar refractivity (Wildman–Crippen MR) is 264 cm³/mol. The Morgan fingerprint density at radius 1 is 0.452 bits per heavy atom. The first-order valence-electron chi connectivity index (χ1n) is 21.2. The molecule has 0 aliphatic carbocycles. The topological polar surface area (TPSA) is 56.0 Å².